The van der Waals surface area contributed by atoms with Gasteiger partial charge in [-0.15, -0.1) is 0 Å². The fraction of sp³-hybridized carbons (Fsp3) is 0.625. The average molecular weight is 245 g/mol. The van der Waals surface area contributed by atoms with Crippen molar-refractivity contribution < 1.29 is 4.74 Å². The maximum Gasteiger partial charge on any atom is 0.0495 e. The minimum Gasteiger partial charge on any atom is -0.381 e. The summed E-state index contributed by atoms with van der Waals surface area (Å²) in [7, 11) is 0. The summed E-state index contributed by atoms with van der Waals surface area (Å²) >= 11 is 0. The molecule has 1 heterocycles. The van der Waals surface area contributed by atoms with E-state index in [-0.39, 0.29) is 0 Å². The van der Waals surface area contributed by atoms with Gasteiger partial charge in [-0.25, -0.2) is 0 Å². The molecule has 2 unspecified atom stereocenters. The minimum absolute atomic E-state index is 0.585. The molecule has 1 aliphatic carbocycles. The lowest BCUT2D eigenvalue weighted by atomic mass is 10.0. The van der Waals surface area contributed by atoms with Gasteiger partial charge in [0, 0.05) is 19.3 Å². The van der Waals surface area contributed by atoms with E-state index in [0.717, 1.165) is 25.7 Å². The predicted molar refractivity (Wildman–Crippen MR) is 73.8 cm³/mol. The Kier molecular flexibility index (Phi) is 3.67. The highest BCUT2D eigenvalue weighted by Crippen LogP contribution is 2.31. The largest absolute Gasteiger partial charge is 0.381 e. The molecular formula is C16H23NO. The van der Waals surface area contributed by atoms with Crippen LogP contribution in [0.15, 0.2) is 18.2 Å². The number of hydrogen-bond donors (Lipinski definition) is 1. The van der Waals surface area contributed by atoms with Crippen molar-refractivity contribution in [3.8, 4) is 0 Å². The van der Waals surface area contributed by atoms with Crippen molar-refractivity contribution in [1.29, 1.82) is 0 Å². The molecule has 0 bridgehead atoms. The first kappa shape index (κ1) is 12.2. The van der Waals surface area contributed by atoms with E-state index in [1.807, 2.05) is 0 Å². The van der Waals surface area contributed by atoms with Crippen molar-refractivity contribution in [3.63, 3.8) is 0 Å². The summed E-state index contributed by atoms with van der Waals surface area (Å²) in [5.74, 6) is 0.788. The van der Waals surface area contributed by atoms with Gasteiger partial charge in [0.1, 0.15) is 0 Å². The first-order valence-electron chi connectivity index (χ1n) is 7.23. The summed E-state index contributed by atoms with van der Waals surface area (Å²) in [5.41, 5.74) is 4.46. The van der Waals surface area contributed by atoms with E-state index in [1.165, 1.54) is 36.8 Å². The highest BCUT2D eigenvalue weighted by atomic mass is 16.5. The molecule has 2 nitrogen and oxygen atoms in total. The van der Waals surface area contributed by atoms with Crippen LogP contribution < -0.4 is 5.32 Å². The van der Waals surface area contributed by atoms with Gasteiger partial charge in [0.2, 0.25) is 0 Å². The van der Waals surface area contributed by atoms with E-state index in [1.54, 1.807) is 5.56 Å². The van der Waals surface area contributed by atoms with Crippen molar-refractivity contribution in [2.24, 2.45) is 5.92 Å². The Morgan fingerprint density at radius 2 is 2.28 bits per heavy atom. The SMILES string of the molecule is Cc1ccc2c(c1)C(NCCC1CCOC1)CC2. The topological polar surface area (TPSA) is 21.3 Å². The molecule has 2 atom stereocenters. The van der Waals surface area contributed by atoms with E-state index >= 15 is 0 Å². The third-order valence-corrected chi connectivity index (χ3v) is 4.35. The van der Waals surface area contributed by atoms with Gasteiger partial charge in [0.25, 0.3) is 0 Å². The zero-order valence-corrected chi connectivity index (χ0v) is 11.2. The number of aryl methyl sites for hydroxylation is 2. The molecule has 0 radical (unpaired) electrons. The molecule has 1 aliphatic heterocycles. The lowest BCUT2D eigenvalue weighted by Crippen LogP contribution is -2.22. The van der Waals surface area contributed by atoms with Crippen LogP contribution in [0.4, 0.5) is 0 Å². The fourth-order valence-corrected chi connectivity index (χ4v) is 3.21. The van der Waals surface area contributed by atoms with Crippen molar-refractivity contribution in [2.75, 3.05) is 19.8 Å². The lowest BCUT2D eigenvalue weighted by Gasteiger charge is -2.16. The lowest BCUT2D eigenvalue weighted by molar-refractivity contribution is 0.184. The maximum absolute atomic E-state index is 5.42. The molecular weight excluding hydrogens is 222 g/mol. The second-order valence-corrected chi connectivity index (χ2v) is 5.77. The van der Waals surface area contributed by atoms with Crippen LogP contribution in [0, 0.1) is 12.8 Å². The monoisotopic (exact) mass is 245 g/mol. The fourth-order valence-electron chi connectivity index (χ4n) is 3.21. The molecule has 18 heavy (non-hydrogen) atoms. The van der Waals surface area contributed by atoms with Crippen molar-refractivity contribution in [1.82, 2.24) is 5.32 Å². The Morgan fingerprint density at radius 3 is 3.11 bits per heavy atom. The summed E-state index contributed by atoms with van der Waals surface area (Å²) in [6, 6.07) is 7.48. The van der Waals surface area contributed by atoms with Crippen LogP contribution >= 0.6 is 0 Å². The molecule has 0 saturated carbocycles. The van der Waals surface area contributed by atoms with Crippen LogP contribution in [0.25, 0.3) is 0 Å². The van der Waals surface area contributed by atoms with Crippen molar-refractivity contribution in [2.45, 2.75) is 38.6 Å². The summed E-state index contributed by atoms with van der Waals surface area (Å²) in [6.07, 6.45) is 5.01. The van der Waals surface area contributed by atoms with Gasteiger partial charge < -0.3 is 10.1 Å². The van der Waals surface area contributed by atoms with E-state index in [9.17, 15) is 0 Å². The van der Waals surface area contributed by atoms with Crippen LogP contribution in [-0.2, 0) is 11.2 Å². The molecule has 0 amide bonds. The van der Waals surface area contributed by atoms with E-state index in [4.69, 9.17) is 4.74 Å². The molecule has 1 aromatic carbocycles. The second-order valence-electron chi connectivity index (χ2n) is 5.77. The first-order valence-corrected chi connectivity index (χ1v) is 7.23. The van der Waals surface area contributed by atoms with E-state index in [2.05, 4.69) is 30.4 Å². The number of nitrogens with one attached hydrogen (secondary N) is 1. The molecule has 0 aromatic heterocycles. The van der Waals surface area contributed by atoms with Crippen LogP contribution in [0.1, 0.15) is 42.0 Å². The van der Waals surface area contributed by atoms with Gasteiger partial charge >= 0.3 is 0 Å². The summed E-state index contributed by atoms with van der Waals surface area (Å²) < 4.78 is 5.42. The zero-order valence-electron chi connectivity index (χ0n) is 11.2. The molecule has 3 rings (SSSR count). The molecule has 98 valence electrons. The molecule has 1 aromatic rings. The van der Waals surface area contributed by atoms with Gasteiger partial charge in [-0.2, -0.15) is 0 Å². The third kappa shape index (κ3) is 2.60. The number of hydrogen-bond acceptors (Lipinski definition) is 2. The number of rotatable bonds is 4. The minimum atomic E-state index is 0.585. The Balaban J connectivity index is 1.54. The molecule has 2 aliphatic rings. The van der Waals surface area contributed by atoms with Crippen LogP contribution in [0.3, 0.4) is 0 Å². The number of ether oxygens (including phenoxy) is 1. The molecule has 1 saturated heterocycles. The summed E-state index contributed by atoms with van der Waals surface area (Å²) in [4.78, 5) is 0. The van der Waals surface area contributed by atoms with Crippen LogP contribution in [0.2, 0.25) is 0 Å². The van der Waals surface area contributed by atoms with Crippen molar-refractivity contribution in [3.05, 3.63) is 34.9 Å². The Morgan fingerprint density at radius 1 is 1.33 bits per heavy atom. The Labute approximate surface area is 110 Å². The van der Waals surface area contributed by atoms with Gasteiger partial charge in [0.05, 0.1) is 0 Å². The van der Waals surface area contributed by atoms with Gasteiger partial charge in [-0.3, -0.25) is 0 Å². The quantitative estimate of drug-likeness (QED) is 0.880. The molecule has 0 spiro atoms. The molecule has 1 N–H and O–H groups in total. The highest BCUT2D eigenvalue weighted by Gasteiger charge is 2.22. The van der Waals surface area contributed by atoms with Crippen LogP contribution in [-0.4, -0.2) is 19.8 Å². The first-order chi connectivity index (χ1) is 8.83. The maximum atomic E-state index is 5.42. The molecule has 2 heteroatoms. The standard InChI is InChI=1S/C16H23NO/c1-12-2-3-14-4-5-16(15(14)10-12)17-8-6-13-7-9-18-11-13/h2-3,10,13,16-17H,4-9,11H2,1H3. The number of benzene rings is 1. The Hall–Kier alpha value is -0.860. The normalized spacial score (nSPS) is 26.5. The number of fused-ring (bicyclic) bond motifs is 1. The van der Waals surface area contributed by atoms with Crippen LogP contribution in [0.5, 0.6) is 0 Å². The summed E-state index contributed by atoms with van der Waals surface area (Å²) in [5, 5.41) is 3.74. The molecule has 1 fully saturated rings. The van der Waals surface area contributed by atoms with Crippen molar-refractivity contribution >= 4 is 0 Å². The van der Waals surface area contributed by atoms with E-state index in [0.29, 0.717) is 6.04 Å². The predicted octanol–water partition coefficient (Wildman–Crippen LogP) is 3.00. The highest BCUT2D eigenvalue weighted by molar-refractivity contribution is 5.37. The second kappa shape index (κ2) is 5.41. The van der Waals surface area contributed by atoms with Gasteiger partial charge in [0.15, 0.2) is 0 Å². The smallest absolute Gasteiger partial charge is 0.0495 e. The summed E-state index contributed by atoms with van der Waals surface area (Å²) in [6.45, 7) is 5.26. The van der Waals surface area contributed by atoms with E-state index < -0.39 is 0 Å². The third-order valence-electron chi connectivity index (χ3n) is 4.35. The van der Waals surface area contributed by atoms with Gasteiger partial charge in [-0.1, -0.05) is 23.8 Å². The Bertz CT molecular complexity index is 410. The average Bonchev–Trinajstić information content (AvgIpc) is 2.99. The van der Waals surface area contributed by atoms with Gasteiger partial charge in [-0.05, 0) is 56.2 Å². The zero-order chi connectivity index (χ0) is 12.4.